The van der Waals surface area contributed by atoms with Crippen molar-refractivity contribution in [1.29, 1.82) is 0 Å². The van der Waals surface area contributed by atoms with Crippen LogP contribution in [0.3, 0.4) is 0 Å². The van der Waals surface area contributed by atoms with Crippen LogP contribution in [0.1, 0.15) is 87.3 Å². The van der Waals surface area contributed by atoms with Crippen LogP contribution in [0.2, 0.25) is 25.7 Å². The topological polar surface area (TPSA) is 133 Å². The van der Waals surface area contributed by atoms with Crippen LogP contribution in [-0.2, 0) is 16.2 Å². The van der Waals surface area contributed by atoms with E-state index in [9.17, 15) is 18.8 Å². The van der Waals surface area contributed by atoms with Gasteiger partial charge in [-0.25, -0.2) is 28.1 Å². The van der Waals surface area contributed by atoms with Crippen LogP contribution in [0, 0.1) is 11.6 Å². The molecule has 54 heavy (non-hydrogen) atoms. The molecule has 0 unspecified atom stereocenters. The van der Waals surface area contributed by atoms with Gasteiger partial charge in [0.2, 0.25) is 0 Å². The van der Waals surface area contributed by atoms with E-state index >= 15 is 4.39 Å². The summed E-state index contributed by atoms with van der Waals surface area (Å²) < 4.78 is 44.8. The molecule has 2 N–H and O–H groups in total. The van der Waals surface area contributed by atoms with E-state index in [0.29, 0.717) is 62.3 Å². The first kappa shape index (κ1) is 39.1. The third-order valence-electron chi connectivity index (χ3n) is 10.1. The molecular weight excluding hydrogens is 713 g/mol. The minimum atomic E-state index is -1.29. The Balaban J connectivity index is 1.19. The van der Waals surface area contributed by atoms with Crippen LogP contribution in [0.5, 0.6) is 0 Å². The number of imidazole rings is 1. The molecule has 0 saturated carbocycles. The summed E-state index contributed by atoms with van der Waals surface area (Å²) in [5.74, 6) is -2.65. The van der Waals surface area contributed by atoms with Crippen molar-refractivity contribution in [2.45, 2.75) is 109 Å². The molecule has 3 amide bonds. The monoisotopic (exact) mass is 763 g/mol. The van der Waals surface area contributed by atoms with Gasteiger partial charge in [-0.1, -0.05) is 37.8 Å². The quantitative estimate of drug-likeness (QED) is 0.103. The number of fused-ring (bicyclic) bond motifs is 2. The highest BCUT2D eigenvalue weighted by atomic mass is 28.3. The smallest absolute Gasteiger partial charge is 0.408 e. The van der Waals surface area contributed by atoms with Gasteiger partial charge in [0.15, 0.2) is 17.3 Å². The number of pyridine rings is 2. The Hall–Kier alpha value is -4.63. The Morgan fingerprint density at radius 1 is 0.926 bits per heavy atom. The zero-order valence-electron chi connectivity index (χ0n) is 31.9. The molecule has 0 spiro atoms. The zero-order valence-corrected chi connectivity index (χ0v) is 32.9. The molecule has 1 aliphatic heterocycles. The van der Waals surface area contributed by atoms with Crippen LogP contribution in [-0.4, -0.2) is 69.5 Å². The lowest BCUT2D eigenvalue weighted by Crippen LogP contribution is -2.46. The fraction of sp³-hybridized carbons (Fsp3) is 0.513. The Morgan fingerprint density at radius 2 is 1.63 bits per heavy atom. The van der Waals surface area contributed by atoms with Crippen molar-refractivity contribution in [3.63, 3.8) is 0 Å². The van der Waals surface area contributed by atoms with Crippen molar-refractivity contribution in [1.82, 2.24) is 34.6 Å². The number of carbonyl (C=O) groups is 2. The number of hydrogen-bond donors (Lipinski definition) is 2. The predicted molar refractivity (Wildman–Crippen MR) is 204 cm³/mol. The van der Waals surface area contributed by atoms with E-state index in [4.69, 9.17) is 9.47 Å². The van der Waals surface area contributed by atoms with Gasteiger partial charge < -0.3 is 25.0 Å². The van der Waals surface area contributed by atoms with Gasteiger partial charge in [0.1, 0.15) is 12.3 Å². The third kappa shape index (κ3) is 8.83. The number of piperidine rings is 1. The molecule has 0 radical (unpaired) electrons. The van der Waals surface area contributed by atoms with E-state index < -0.39 is 49.4 Å². The number of likely N-dealkylation sites (tertiary alicyclic amines) is 1. The number of benzene rings is 1. The Kier molecular flexibility index (Phi) is 11.6. The highest BCUT2D eigenvalue weighted by molar-refractivity contribution is 6.76. The van der Waals surface area contributed by atoms with Crippen molar-refractivity contribution in [3.8, 4) is 0 Å². The van der Waals surface area contributed by atoms with Gasteiger partial charge in [0, 0.05) is 52.1 Å². The van der Waals surface area contributed by atoms with Crippen molar-refractivity contribution in [2.75, 3.05) is 19.7 Å². The molecular formula is C39H51F2N7O5Si. The van der Waals surface area contributed by atoms with Gasteiger partial charge in [0.25, 0.3) is 0 Å². The maximum absolute atomic E-state index is 15.4. The standard InChI is InChI=1S/C39H51F2N7O5Si/c1-39(2,3)53-37(50)45-33-27(26-10-7-12-29(40)32(26)41)14-15-30(34-28(33)11-8-18-42-34)44-36(49)46-20-16-25(17-21-46)48-31-13-9-19-43-35(31)47(38(48)51)24-52-22-23-54(4,5)6/h7-13,18-19,25,27,30,33H,14-17,20-24H2,1-6H3,(H,44,49)(H,45,50)/t27-,30+,33-/m0/s1. The van der Waals surface area contributed by atoms with Crippen LogP contribution in [0.15, 0.2) is 59.7 Å². The molecule has 1 saturated heterocycles. The number of rotatable bonds is 9. The van der Waals surface area contributed by atoms with Gasteiger partial charge >= 0.3 is 17.8 Å². The van der Waals surface area contributed by atoms with Gasteiger partial charge in [-0.3, -0.25) is 14.1 Å². The lowest BCUT2D eigenvalue weighted by Gasteiger charge is -2.33. The summed E-state index contributed by atoms with van der Waals surface area (Å²) in [6, 6.07) is 10.4. The second kappa shape index (κ2) is 16.0. The normalized spacial score (nSPS) is 19.6. The number of halogens is 2. The molecule has 3 atom stereocenters. The number of nitrogens with one attached hydrogen (secondary N) is 2. The molecule has 0 bridgehead atoms. The molecule has 1 fully saturated rings. The number of aromatic nitrogens is 4. The third-order valence-corrected chi connectivity index (χ3v) is 11.8. The number of carbonyl (C=O) groups excluding carboxylic acids is 2. The summed E-state index contributed by atoms with van der Waals surface area (Å²) in [5.41, 5.74) is 1.56. The van der Waals surface area contributed by atoms with Crippen molar-refractivity contribution < 1.29 is 27.8 Å². The first-order valence-electron chi connectivity index (χ1n) is 18.7. The highest BCUT2D eigenvalue weighted by Crippen LogP contribution is 2.43. The van der Waals surface area contributed by atoms with Gasteiger partial charge in [-0.05, 0) is 87.9 Å². The van der Waals surface area contributed by atoms with Crippen molar-refractivity contribution in [2.24, 2.45) is 0 Å². The van der Waals surface area contributed by atoms with Crippen LogP contribution in [0.25, 0.3) is 11.2 Å². The number of amides is 3. The van der Waals surface area contributed by atoms with Crippen LogP contribution < -0.4 is 16.3 Å². The van der Waals surface area contributed by atoms with Crippen LogP contribution >= 0.6 is 0 Å². The lowest BCUT2D eigenvalue weighted by atomic mass is 9.85. The molecule has 1 aromatic carbocycles. The Morgan fingerprint density at radius 3 is 2.35 bits per heavy atom. The Bertz CT molecular complexity index is 2030. The number of nitrogens with zero attached hydrogens (tertiary/aromatic N) is 5. The molecule has 6 rings (SSSR count). The number of urea groups is 1. The summed E-state index contributed by atoms with van der Waals surface area (Å²) in [7, 11) is -1.29. The zero-order chi connectivity index (χ0) is 38.8. The second-order valence-electron chi connectivity index (χ2n) is 16.4. The summed E-state index contributed by atoms with van der Waals surface area (Å²) in [6.07, 6.45) is 4.33. The molecule has 4 heterocycles. The van der Waals surface area contributed by atoms with Crippen LogP contribution in [0.4, 0.5) is 18.4 Å². The van der Waals surface area contributed by atoms with Gasteiger partial charge in [0.05, 0.1) is 23.3 Å². The number of hydrogen-bond acceptors (Lipinski definition) is 7. The van der Waals surface area contributed by atoms with Gasteiger partial charge in [-0.2, -0.15) is 0 Å². The maximum atomic E-state index is 15.4. The summed E-state index contributed by atoms with van der Waals surface area (Å²) >= 11 is 0. The average molecular weight is 764 g/mol. The molecule has 3 aromatic heterocycles. The molecule has 2 aliphatic rings. The maximum Gasteiger partial charge on any atom is 0.408 e. The molecule has 1 aliphatic carbocycles. The Labute approximate surface area is 315 Å². The van der Waals surface area contributed by atoms with E-state index in [-0.39, 0.29) is 30.1 Å². The predicted octanol–water partition coefficient (Wildman–Crippen LogP) is 7.41. The lowest BCUT2D eigenvalue weighted by molar-refractivity contribution is 0.0494. The second-order valence-corrected chi connectivity index (χ2v) is 22.0. The van der Waals surface area contributed by atoms with Gasteiger partial charge in [-0.15, -0.1) is 0 Å². The van der Waals surface area contributed by atoms with E-state index in [1.165, 1.54) is 12.1 Å². The summed E-state index contributed by atoms with van der Waals surface area (Å²) in [5, 5.41) is 6.06. The minimum Gasteiger partial charge on any atom is -0.444 e. The molecule has 15 heteroatoms. The number of ether oxygens (including phenoxy) is 2. The average Bonchev–Trinajstić information content (AvgIpc) is 3.31. The molecule has 12 nitrogen and oxygen atoms in total. The SMILES string of the molecule is CC(C)(C)OC(=O)N[C@@H]1c2cccnc2[C@H](NC(=O)N2CCC(n3c(=O)n(COCC[Si](C)(C)C)c4ncccc43)CC2)CC[C@H]1c1cccc(F)c1F. The number of alkyl carbamates (subject to hydrolysis) is 1. The summed E-state index contributed by atoms with van der Waals surface area (Å²) in [4.78, 5) is 51.7. The molecule has 4 aromatic rings. The highest BCUT2D eigenvalue weighted by Gasteiger charge is 2.38. The van der Waals surface area contributed by atoms with E-state index in [1.807, 2.05) is 12.1 Å². The molecule has 290 valence electrons. The van der Waals surface area contributed by atoms with Crippen molar-refractivity contribution >= 4 is 31.4 Å². The largest absolute Gasteiger partial charge is 0.444 e. The summed E-state index contributed by atoms with van der Waals surface area (Å²) in [6.45, 7) is 13.6. The fourth-order valence-corrected chi connectivity index (χ4v) is 8.18. The van der Waals surface area contributed by atoms with Crippen molar-refractivity contribution in [3.05, 3.63) is 93.8 Å². The minimum absolute atomic E-state index is 0.116. The van der Waals surface area contributed by atoms with E-state index in [0.717, 1.165) is 17.6 Å². The first-order valence-corrected chi connectivity index (χ1v) is 22.4. The van der Waals surface area contributed by atoms with E-state index in [1.54, 1.807) is 59.3 Å². The van der Waals surface area contributed by atoms with E-state index in [2.05, 4.69) is 40.2 Å². The fourth-order valence-electron chi connectivity index (χ4n) is 7.42. The first-order chi connectivity index (χ1) is 25.6.